The number of anilines is 1. The molecule has 2 rings (SSSR count). The molecule has 96 valence electrons. The van der Waals surface area contributed by atoms with Gasteiger partial charge in [0.25, 0.3) is 0 Å². The highest BCUT2D eigenvalue weighted by Crippen LogP contribution is 2.24. The molecule has 2 aromatic rings. The number of pyridine rings is 1. The first kappa shape index (κ1) is 13.3. The molecule has 1 unspecified atom stereocenters. The van der Waals surface area contributed by atoms with Crippen LogP contribution in [-0.2, 0) is 0 Å². The molecule has 0 aliphatic carbocycles. The number of nitrogens with zero attached hydrogens (tertiary/aromatic N) is 2. The van der Waals surface area contributed by atoms with Crippen molar-refractivity contribution >= 4 is 28.8 Å². The van der Waals surface area contributed by atoms with Gasteiger partial charge < -0.3 is 5.32 Å². The Labute approximate surface area is 116 Å². The third kappa shape index (κ3) is 3.21. The predicted octanol–water partition coefficient (Wildman–Crippen LogP) is 4.49. The first-order valence-corrected chi connectivity index (χ1v) is 7.15. The van der Waals surface area contributed by atoms with Crippen LogP contribution in [0.1, 0.15) is 43.4 Å². The van der Waals surface area contributed by atoms with Crippen LogP contribution in [0.5, 0.6) is 0 Å². The third-order valence-electron chi connectivity index (χ3n) is 2.57. The zero-order valence-electron chi connectivity index (χ0n) is 10.6. The lowest BCUT2D eigenvalue weighted by Crippen LogP contribution is -2.08. The Morgan fingerprint density at radius 1 is 1.28 bits per heavy atom. The van der Waals surface area contributed by atoms with Crippen molar-refractivity contribution < 1.29 is 0 Å². The third-order valence-corrected chi connectivity index (χ3v) is 3.96. The smallest absolute Gasteiger partial charge is 0.126 e. The summed E-state index contributed by atoms with van der Waals surface area (Å²) in [6.45, 7) is 6.39. The minimum absolute atomic E-state index is 0.141. The summed E-state index contributed by atoms with van der Waals surface area (Å²) >= 11 is 7.51. The molecule has 0 aliphatic rings. The van der Waals surface area contributed by atoms with E-state index in [-0.39, 0.29) is 6.04 Å². The second-order valence-electron chi connectivity index (χ2n) is 4.49. The van der Waals surface area contributed by atoms with E-state index in [1.165, 1.54) is 5.01 Å². The van der Waals surface area contributed by atoms with Crippen molar-refractivity contribution in [2.45, 2.75) is 32.7 Å². The maximum atomic E-state index is 5.80. The van der Waals surface area contributed by atoms with Crippen molar-refractivity contribution in [2.75, 3.05) is 5.32 Å². The molecule has 3 nitrogen and oxygen atoms in total. The van der Waals surface area contributed by atoms with Gasteiger partial charge in [0.05, 0.1) is 21.8 Å². The van der Waals surface area contributed by atoms with Crippen LogP contribution in [0.2, 0.25) is 5.02 Å². The molecule has 0 radical (unpaired) electrons. The molecule has 2 aromatic heterocycles. The molecule has 0 saturated heterocycles. The van der Waals surface area contributed by atoms with E-state index in [1.807, 2.05) is 12.1 Å². The zero-order chi connectivity index (χ0) is 13.1. The van der Waals surface area contributed by atoms with Gasteiger partial charge in [0, 0.05) is 17.5 Å². The molecule has 0 fully saturated rings. The van der Waals surface area contributed by atoms with E-state index < -0.39 is 0 Å². The van der Waals surface area contributed by atoms with Crippen molar-refractivity contribution in [3.8, 4) is 0 Å². The average molecular weight is 282 g/mol. The van der Waals surface area contributed by atoms with Crippen LogP contribution in [0.25, 0.3) is 0 Å². The lowest BCUT2D eigenvalue weighted by Gasteiger charge is -2.12. The number of nitrogens with one attached hydrogen (secondary N) is 1. The standard InChI is InChI=1S/C13H16ClN3S/c1-8(2)13-17-11(7-18-13)9(3)16-12-5-4-10(14)6-15-12/h4-9H,1-3H3,(H,15,16). The quantitative estimate of drug-likeness (QED) is 0.897. The van der Waals surface area contributed by atoms with E-state index >= 15 is 0 Å². The van der Waals surface area contributed by atoms with E-state index in [1.54, 1.807) is 17.5 Å². The summed E-state index contributed by atoms with van der Waals surface area (Å²) < 4.78 is 0. The highest BCUT2D eigenvalue weighted by atomic mass is 35.5. The van der Waals surface area contributed by atoms with Gasteiger partial charge in [0.2, 0.25) is 0 Å². The number of rotatable bonds is 4. The van der Waals surface area contributed by atoms with Crippen LogP contribution in [0, 0.1) is 0 Å². The summed E-state index contributed by atoms with van der Waals surface area (Å²) in [5.41, 5.74) is 1.06. The van der Waals surface area contributed by atoms with E-state index in [2.05, 4.69) is 41.4 Å². The molecule has 5 heteroatoms. The normalized spacial score (nSPS) is 12.7. The van der Waals surface area contributed by atoms with E-state index in [9.17, 15) is 0 Å². The first-order chi connectivity index (χ1) is 8.56. The van der Waals surface area contributed by atoms with Gasteiger partial charge in [-0.1, -0.05) is 25.4 Å². The van der Waals surface area contributed by atoms with Gasteiger partial charge in [-0.15, -0.1) is 11.3 Å². The molecule has 18 heavy (non-hydrogen) atoms. The van der Waals surface area contributed by atoms with Crippen molar-refractivity contribution in [2.24, 2.45) is 0 Å². The molecule has 0 amide bonds. The van der Waals surface area contributed by atoms with Crippen molar-refractivity contribution in [1.82, 2.24) is 9.97 Å². The minimum Gasteiger partial charge on any atom is -0.362 e. The minimum atomic E-state index is 0.141. The van der Waals surface area contributed by atoms with E-state index in [0.717, 1.165) is 11.5 Å². The average Bonchev–Trinajstić information content (AvgIpc) is 2.81. The second kappa shape index (κ2) is 5.67. The topological polar surface area (TPSA) is 37.8 Å². The number of halogens is 1. The Morgan fingerprint density at radius 2 is 2.06 bits per heavy atom. The fourth-order valence-electron chi connectivity index (χ4n) is 1.52. The maximum absolute atomic E-state index is 5.80. The van der Waals surface area contributed by atoms with Crippen LogP contribution in [0.4, 0.5) is 5.82 Å². The number of aromatic nitrogens is 2. The van der Waals surface area contributed by atoms with Gasteiger partial charge in [0.1, 0.15) is 5.82 Å². The lowest BCUT2D eigenvalue weighted by molar-refractivity contribution is 0.798. The van der Waals surface area contributed by atoms with Crippen LogP contribution in [0.3, 0.4) is 0 Å². The number of thiazole rings is 1. The molecule has 0 spiro atoms. The van der Waals surface area contributed by atoms with Gasteiger partial charge in [-0.25, -0.2) is 9.97 Å². The summed E-state index contributed by atoms with van der Waals surface area (Å²) in [4.78, 5) is 8.84. The fourth-order valence-corrected chi connectivity index (χ4v) is 2.56. The van der Waals surface area contributed by atoms with Gasteiger partial charge >= 0.3 is 0 Å². The van der Waals surface area contributed by atoms with Crippen molar-refractivity contribution in [3.63, 3.8) is 0 Å². The molecule has 0 aliphatic heterocycles. The first-order valence-electron chi connectivity index (χ1n) is 5.89. The molecule has 0 saturated carbocycles. The highest BCUT2D eigenvalue weighted by molar-refractivity contribution is 7.09. The lowest BCUT2D eigenvalue weighted by atomic mass is 10.2. The Kier molecular flexibility index (Phi) is 4.19. The molecule has 1 N–H and O–H groups in total. The maximum Gasteiger partial charge on any atom is 0.126 e. The van der Waals surface area contributed by atoms with Crippen LogP contribution < -0.4 is 5.32 Å². The number of hydrogen-bond donors (Lipinski definition) is 1. The molecule has 0 aromatic carbocycles. The Balaban J connectivity index is 2.06. The second-order valence-corrected chi connectivity index (χ2v) is 5.82. The van der Waals surface area contributed by atoms with Crippen molar-refractivity contribution in [3.05, 3.63) is 39.4 Å². The van der Waals surface area contributed by atoms with Gasteiger partial charge in [-0.2, -0.15) is 0 Å². The van der Waals surface area contributed by atoms with Gasteiger partial charge in [-0.3, -0.25) is 0 Å². The molecule has 0 bridgehead atoms. The molecular weight excluding hydrogens is 266 g/mol. The largest absolute Gasteiger partial charge is 0.362 e. The van der Waals surface area contributed by atoms with Crippen LogP contribution in [0.15, 0.2) is 23.7 Å². The van der Waals surface area contributed by atoms with Crippen LogP contribution >= 0.6 is 22.9 Å². The summed E-state index contributed by atoms with van der Waals surface area (Å²) in [5, 5.41) is 7.22. The van der Waals surface area contributed by atoms with Gasteiger partial charge in [-0.05, 0) is 19.1 Å². The van der Waals surface area contributed by atoms with E-state index in [0.29, 0.717) is 10.9 Å². The summed E-state index contributed by atoms with van der Waals surface area (Å²) in [6, 6.07) is 3.83. The summed E-state index contributed by atoms with van der Waals surface area (Å²) in [7, 11) is 0. The van der Waals surface area contributed by atoms with Crippen molar-refractivity contribution in [1.29, 1.82) is 0 Å². The molecule has 2 heterocycles. The molecule has 1 atom stereocenters. The molecular formula is C13H16ClN3S. The Bertz CT molecular complexity index is 507. The Morgan fingerprint density at radius 3 is 2.61 bits per heavy atom. The van der Waals surface area contributed by atoms with Crippen LogP contribution in [-0.4, -0.2) is 9.97 Å². The number of hydrogen-bond acceptors (Lipinski definition) is 4. The predicted molar refractivity (Wildman–Crippen MR) is 77.5 cm³/mol. The monoisotopic (exact) mass is 281 g/mol. The SMILES string of the molecule is CC(C)c1nc(C(C)Nc2ccc(Cl)cn2)cs1. The van der Waals surface area contributed by atoms with E-state index in [4.69, 9.17) is 11.6 Å². The summed E-state index contributed by atoms with van der Waals surface area (Å²) in [6.07, 6.45) is 1.64. The highest BCUT2D eigenvalue weighted by Gasteiger charge is 2.12. The summed E-state index contributed by atoms with van der Waals surface area (Å²) in [5.74, 6) is 1.29. The zero-order valence-corrected chi connectivity index (χ0v) is 12.2. The fraction of sp³-hybridized carbons (Fsp3) is 0.385. The van der Waals surface area contributed by atoms with Gasteiger partial charge in [0.15, 0.2) is 0 Å². The Hall–Kier alpha value is -1.13.